The summed E-state index contributed by atoms with van der Waals surface area (Å²) in [5.41, 5.74) is 1.64. The van der Waals surface area contributed by atoms with Gasteiger partial charge in [-0.05, 0) is 80.8 Å². The topological polar surface area (TPSA) is 96.0 Å². The Labute approximate surface area is 241 Å². The fraction of sp³-hybridized carbons (Fsp3) is 0.333. The first-order valence-electron chi connectivity index (χ1n) is 13.0. The first kappa shape index (κ1) is 31.0. The van der Waals surface area contributed by atoms with Crippen LogP contribution >= 0.6 is 11.6 Å². The standard InChI is InChI=1S/C30H36ClN3O5S/c1-6-22(3)32-30(36)23(4)33(19-24-11-10-12-26(18-24)39-5)29(35)20-34(28-16-15-25(31)17-21(28)2)40(37,38)27-13-8-7-9-14-27/h7-18,22-23H,6,19-20H2,1-5H3,(H,32,36)/t22-,23-/m0/s1. The number of methoxy groups -OCH3 is 1. The predicted molar refractivity (Wildman–Crippen MR) is 158 cm³/mol. The van der Waals surface area contributed by atoms with E-state index in [1.54, 1.807) is 75.6 Å². The molecule has 0 fully saturated rings. The molecule has 40 heavy (non-hydrogen) atoms. The third-order valence-corrected chi connectivity index (χ3v) is 8.70. The first-order chi connectivity index (χ1) is 19.0. The Morgan fingerprint density at radius 3 is 2.33 bits per heavy atom. The Bertz CT molecular complexity index is 1430. The normalized spacial score (nSPS) is 12.8. The number of anilines is 1. The van der Waals surface area contributed by atoms with E-state index in [9.17, 15) is 18.0 Å². The average molecular weight is 586 g/mol. The summed E-state index contributed by atoms with van der Waals surface area (Å²) >= 11 is 6.16. The number of sulfonamides is 1. The molecule has 0 spiro atoms. The number of carbonyl (C=O) groups is 2. The molecule has 0 aliphatic carbocycles. The van der Waals surface area contributed by atoms with E-state index in [0.717, 1.165) is 16.3 Å². The first-order valence-corrected chi connectivity index (χ1v) is 14.9. The summed E-state index contributed by atoms with van der Waals surface area (Å²) < 4.78 is 34.2. The van der Waals surface area contributed by atoms with E-state index in [0.29, 0.717) is 22.0 Å². The van der Waals surface area contributed by atoms with Crippen molar-refractivity contribution in [1.82, 2.24) is 10.2 Å². The molecule has 3 aromatic rings. The maximum absolute atomic E-state index is 14.0. The lowest BCUT2D eigenvalue weighted by atomic mass is 10.1. The van der Waals surface area contributed by atoms with Gasteiger partial charge >= 0.3 is 0 Å². The highest BCUT2D eigenvalue weighted by Gasteiger charge is 2.33. The van der Waals surface area contributed by atoms with Crippen molar-refractivity contribution in [3.05, 3.63) is 88.9 Å². The summed E-state index contributed by atoms with van der Waals surface area (Å²) in [6.45, 7) is 6.76. The van der Waals surface area contributed by atoms with E-state index in [2.05, 4.69) is 5.32 Å². The van der Waals surface area contributed by atoms with Gasteiger partial charge in [0.05, 0.1) is 17.7 Å². The fourth-order valence-corrected chi connectivity index (χ4v) is 5.87. The Hall–Kier alpha value is -3.56. The van der Waals surface area contributed by atoms with Gasteiger partial charge in [0.25, 0.3) is 10.0 Å². The summed E-state index contributed by atoms with van der Waals surface area (Å²) in [4.78, 5) is 28.6. The van der Waals surface area contributed by atoms with Crippen molar-refractivity contribution in [1.29, 1.82) is 0 Å². The van der Waals surface area contributed by atoms with Crippen LogP contribution in [0.15, 0.2) is 77.7 Å². The highest BCUT2D eigenvalue weighted by atomic mass is 35.5. The van der Waals surface area contributed by atoms with Crippen LogP contribution in [0.4, 0.5) is 5.69 Å². The molecule has 3 aromatic carbocycles. The van der Waals surface area contributed by atoms with E-state index < -0.39 is 28.5 Å². The van der Waals surface area contributed by atoms with Gasteiger partial charge in [0.1, 0.15) is 18.3 Å². The minimum absolute atomic E-state index is 0.0408. The zero-order valence-corrected chi connectivity index (χ0v) is 25.0. The zero-order valence-electron chi connectivity index (χ0n) is 23.4. The van der Waals surface area contributed by atoms with Gasteiger partial charge in [0.2, 0.25) is 11.8 Å². The minimum Gasteiger partial charge on any atom is -0.497 e. The molecule has 1 N–H and O–H groups in total. The van der Waals surface area contributed by atoms with Crippen LogP contribution in [-0.2, 0) is 26.2 Å². The number of rotatable bonds is 12. The molecule has 0 heterocycles. The molecule has 0 bridgehead atoms. The quantitative estimate of drug-likeness (QED) is 0.316. The van der Waals surface area contributed by atoms with E-state index >= 15 is 0 Å². The second-order valence-corrected chi connectivity index (χ2v) is 11.9. The van der Waals surface area contributed by atoms with E-state index in [4.69, 9.17) is 16.3 Å². The van der Waals surface area contributed by atoms with Crippen LogP contribution in [0.3, 0.4) is 0 Å². The second-order valence-electron chi connectivity index (χ2n) is 9.62. The zero-order chi connectivity index (χ0) is 29.4. The Morgan fingerprint density at radius 1 is 1.00 bits per heavy atom. The van der Waals surface area contributed by atoms with Crippen LogP contribution in [0.1, 0.15) is 38.3 Å². The number of nitrogens with zero attached hydrogens (tertiary/aromatic N) is 2. The monoisotopic (exact) mass is 585 g/mol. The molecule has 0 unspecified atom stereocenters. The van der Waals surface area contributed by atoms with Gasteiger partial charge in [0, 0.05) is 17.6 Å². The van der Waals surface area contributed by atoms with Crippen molar-refractivity contribution < 1.29 is 22.7 Å². The average Bonchev–Trinajstić information content (AvgIpc) is 2.94. The lowest BCUT2D eigenvalue weighted by molar-refractivity contribution is -0.139. The molecule has 0 aliphatic rings. The number of nitrogens with one attached hydrogen (secondary N) is 1. The van der Waals surface area contributed by atoms with Crippen LogP contribution in [-0.4, -0.2) is 50.9 Å². The number of carbonyl (C=O) groups excluding carboxylic acids is 2. The van der Waals surface area contributed by atoms with Crippen LogP contribution < -0.4 is 14.4 Å². The summed E-state index contributed by atoms with van der Waals surface area (Å²) in [5, 5.41) is 3.37. The predicted octanol–water partition coefficient (Wildman–Crippen LogP) is 5.18. The number of hydrogen-bond donors (Lipinski definition) is 1. The van der Waals surface area contributed by atoms with Gasteiger partial charge in [-0.2, -0.15) is 0 Å². The summed E-state index contributed by atoms with van der Waals surface area (Å²) in [5.74, 6) is -0.263. The smallest absolute Gasteiger partial charge is 0.264 e. The Morgan fingerprint density at radius 2 is 1.70 bits per heavy atom. The number of benzene rings is 3. The lowest BCUT2D eigenvalue weighted by Gasteiger charge is -2.33. The van der Waals surface area contributed by atoms with Crippen molar-refractivity contribution >= 4 is 39.1 Å². The highest BCUT2D eigenvalue weighted by molar-refractivity contribution is 7.92. The van der Waals surface area contributed by atoms with Crippen LogP contribution in [0.5, 0.6) is 5.75 Å². The molecular weight excluding hydrogens is 550 g/mol. The molecular formula is C30H36ClN3O5S. The lowest BCUT2D eigenvalue weighted by Crippen LogP contribution is -2.52. The minimum atomic E-state index is -4.15. The van der Waals surface area contributed by atoms with Gasteiger partial charge in [-0.1, -0.05) is 48.9 Å². The summed E-state index contributed by atoms with van der Waals surface area (Å²) in [6.07, 6.45) is 0.723. The molecule has 0 saturated carbocycles. The van der Waals surface area contributed by atoms with E-state index in [-0.39, 0.29) is 23.4 Å². The van der Waals surface area contributed by atoms with Crippen molar-refractivity contribution in [3.8, 4) is 5.75 Å². The number of aryl methyl sites for hydroxylation is 1. The van der Waals surface area contributed by atoms with Crippen molar-refractivity contribution in [2.24, 2.45) is 0 Å². The van der Waals surface area contributed by atoms with Gasteiger partial charge < -0.3 is 15.0 Å². The van der Waals surface area contributed by atoms with Gasteiger partial charge in [0.15, 0.2) is 0 Å². The second kappa shape index (κ2) is 13.7. The molecule has 10 heteroatoms. The van der Waals surface area contributed by atoms with E-state index in [1.807, 2.05) is 19.9 Å². The molecule has 3 rings (SSSR count). The third kappa shape index (κ3) is 7.55. The third-order valence-electron chi connectivity index (χ3n) is 6.69. The van der Waals surface area contributed by atoms with Crippen LogP contribution in [0.2, 0.25) is 5.02 Å². The molecule has 8 nitrogen and oxygen atoms in total. The molecule has 2 atom stereocenters. The maximum Gasteiger partial charge on any atom is 0.264 e. The van der Waals surface area contributed by atoms with Gasteiger partial charge in [-0.25, -0.2) is 8.42 Å². The van der Waals surface area contributed by atoms with Crippen LogP contribution in [0, 0.1) is 6.92 Å². The van der Waals surface area contributed by atoms with Gasteiger partial charge in [-0.15, -0.1) is 0 Å². The number of ether oxygens (including phenoxy) is 1. The van der Waals surface area contributed by atoms with Gasteiger partial charge in [-0.3, -0.25) is 13.9 Å². The number of halogens is 1. The molecule has 214 valence electrons. The Balaban J connectivity index is 2.05. The Kier molecular flexibility index (Phi) is 10.6. The molecule has 0 radical (unpaired) electrons. The van der Waals surface area contributed by atoms with Crippen molar-refractivity contribution in [3.63, 3.8) is 0 Å². The molecule has 0 aromatic heterocycles. The largest absolute Gasteiger partial charge is 0.497 e. The summed E-state index contributed by atoms with van der Waals surface area (Å²) in [6, 6.07) is 19.0. The highest BCUT2D eigenvalue weighted by Crippen LogP contribution is 2.29. The SMILES string of the molecule is CC[C@H](C)NC(=O)[C@H](C)N(Cc1cccc(OC)c1)C(=O)CN(c1ccc(Cl)cc1C)S(=O)(=O)c1ccccc1. The van der Waals surface area contributed by atoms with E-state index in [1.165, 1.54) is 17.0 Å². The molecule has 0 aliphatic heterocycles. The van der Waals surface area contributed by atoms with Crippen molar-refractivity contribution in [2.75, 3.05) is 18.0 Å². The van der Waals surface area contributed by atoms with Crippen LogP contribution in [0.25, 0.3) is 0 Å². The summed E-state index contributed by atoms with van der Waals surface area (Å²) in [7, 11) is -2.60. The fourth-order valence-electron chi connectivity index (χ4n) is 4.15. The molecule has 0 saturated heterocycles. The maximum atomic E-state index is 14.0. The number of amides is 2. The van der Waals surface area contributed by atoms with Crippen molar-refractivity contribution in [2.45, 2.75) is 57.6 Å². The number of hydrogen-bond acceptors (Lipinski definition) is 5. The molecule has 2 amide bonds.